The van der Waals surface area contributed by atoms with Crippen molar-refractivity contribution in [2.24, 2.45) is 27.8 Å². The summed E-state index contributed by atoms with van der Waals surface area (Å²) >= 11 is 0. The van der Waals surface area contributed by atoms with Crippen molar-refractivity contribution in [2.75, 3.05) is 0 Å². The Hall–Kier alpha value is -3.07. The van der Waals surface area contributed by atoms with Crippen molar-refractivity contribution in [1.29, 1.82) is 10.5 Å². The van der Waals surface area contributed by atoms with E-state index < -0.39 is 17.7 Å². The Labute approximate surface area is 176 Å². The summed E-state index contributed by atoms with van der Waals surface area (Å²) in [5, 5.41) is 25.3. The molecule has 0 fully saturated rings. The van der Waals surface area contributed by atoms with Gasteiger partial charge in [0.25, 0.3) is 0 Å². The molecule has 0 aliphatic carbocycles. The average Bonchev–Trinajstić information content (AvgIpc) is 2.67. The number of nitrogens with two attached hydrogens (primary N) is 2. The first-order chi connectivity index (χ1) is 13.9. The van der Waals surface area contributed by atoms with E-state index in [4.69, 9.17) is 16.9 Å². The van der Waals surface area contributed by atoms with E-state index in [0.29, 0.717) is 29.7 Å². The van der Waals surface area contributed by atoms with Gasteiger partial charge in [-0.05, 0) is 52.4 Å². The van der Waals surface area contributed by atoms with Gasteiger partial charge in [-0.25, -0.2) is 0 Å². The Bertz CT molecular complexity index is 843. The third-order valence-electron chi connectivity index (χ3n) is 4.62. The van der Waals surface area contributed by atoms with Gasteiger partial charge in [0.05, 0.1) is 28.6 Å². The van der Waals surface area contributed by atoms with Crippen LogP contribution in [0, 0.1) is 28.6 Å². The maximum Gasteiger partial charge on any atom is 0.418 e. The second kappa shape index (κ2) is 12.5. The third kappa shape index (κ3) is 8.12. The molecule has 4 N–H and O–H groups in total. The molecule has 0 bridgehead atoms. The Morgan fingerprint density at radius 2 is 1.57 bits per heavy atom. The minimum absolute atomic E-state index is 0.0546. The highest BCUT2D eigenvalue weighted by Crippen LogP contribution is 2.33. The Balaban J connectivity index is 5.59. The molecule has 30 heavy (non-hydrogen) atoms. The molecule has 0 rings (SSSR count). The predicted molar refractivity (Wildman–Crippen MR) is 113 cm³/mol. The van der Waals surface area contributed by atoms with Crippen LogP contribution in [0.15, 0.2) is 44.1 Å². The number of nitriles is 2. The third-order valence-corrected chi connectivity index (χ3v) is 4.62. The monoisotopic (exact) mass is 422 g/mol. The lowest BCUT2D eigenvalue weighted by Gasteiger charge is -2.19. The van der Waals surface area contributed by atoms with Crippen LogP contribution in [-0.4, -0.2) is 17.6 Å². The summed E-state index contributed by atoms with van der Waals surface area (Å²) in [5.74, 6) is 9.88. The molecule has 0 aromatic heterocycles. The number of nitrogens with zero attached hydrogens (tertiary/aromatic N) is 4. The molecular formula is C21H29F3N6. The number of alkyl halides is 3. The number of hydrazone groups is 2. The molecule has 0 amide bonds. The van der Waals surface area contributed by atoms with Gasteiger partial charge in [0.1, 0.15) is 6.07 Å². The van der Waals surface area contributed by atoms with Crippen molar-refractivity contribution in [3.8, 4) is 12.1 Å². The lowest BCUT2D eigenvalue weighted by atomic mass is 9.91. The van der Waals surface area contributed by atoms with Crippen molar-refractivity contribution in [1.82, 2.24) is 0 Å². The van der Waals surface area contributed by atoms with Crippen LogP contribution in [0.25, 0.3) is 0 Å². The van der Waals surface area contributed by atoms with Gasteiger partial charge in [-0.1, -0.05) is 31.1 Å². The normalized spacial score (nSPS) is 15.4. The van der Waals surface area contributed by atoms with E-state index in [0.717, 1.165) is 5.57 Å². The van der Waals surface area contributed by atoms with Gasteiger partial charge in [-0.3, -0.25) is 0 Å². The Morgan fingerprint density at radius 1 is 0.967 bits per heavy atom. The number of halogens is 3. The van der Waals surface area contributed by atoms with Gasteiger partial charge in [-0.2, -0.15) is 33.9 Å². The molecular weight excluding hydrogens is 393 g/mol. The van der Waals surface area contributed by atoms with Crippen LogP contribution in [-0.2, 0) is 0 Å². The second-order valence-electron chi connectivity index (χ2n) is 7.18. The molecule has 0 saturated heterocycles. The molecule has 0 aromatic carbocycles. The predicted octanol–water partition coefficient (Wildman–Crippen LogP) is 5.02. The molecule has 0 saturated carbocycles. The van der Waals surface area contributed by atoms with Gasteiger partial charge < -0.3 is 11.7 Å². The van der Waals surface area contributed by atoms with E-state index in [1.54, 1.807) is 33.8 Å². The first kappa shape index (κ1) is 26.9. The summed E-state index contributed by atoms with van der Waals surface area (Å²) in [6.07, 6.45) is -1.72. The minimum Gasteiger partial charge on any atom is -0.323 e. The number of rotatable bonds is 9. The molecule has 0 heterocycles. The summed E-state index contributed by atoms with van der Waals surface area (Å²) in [4.78, 5) is 0. The van der Waals surface area contributed by atoms with Crippen LogP contribution in [0.1, 0.15) is 60.3 Å². The van der Waals surface area contributed by atoms with Crippen LogP contribution >= 0.6 is 0 Å². The van der Waals surface area contributed by atoms with E-state index in [1.807, 2.05) is 6.07 Å². The summed E-state index contributed by atoms with van der Waals surface area (Å²) in [6.45, 7) is 7.94. The van der Waals surface area contributed by atoms with Gasteiger partial charge >= 0.3 is 6.18 Å². The van der Waals surface area contributed by atoms with E-state index in [-0.39, 0.29) is 24.1 Å². The lowest BCUT2D eigenvalue weighted by Crippen LogP contribution is -2.26. The van der Waals surface area contributed by atoms with E-state index >= 15 is 0 Å². The van der Waals surface area contributed by atoms with Crippen molar-refractivity contribution >= 4 is 11.4 Å². The Kier molecular flexibility index (Phi) is 11.2. The molecule has 9 heteroatoms. The topological polar surface area (TPSA) is 124 Å². The van der Waals surface area contributed by atoms with E-state index in [1.165, 1.54) is 6.92 Å². The van der Waals surface area contributed by atoms with Crippen LogP contribution in [0.4, 0.5) is 13.2 Å². The second-order valence-corrected chi connectivity index (χ2v) is 7.18. The standard InChI is InChI=1S/C21H29F3N6/c1-13(2)20(30-28)19(21(22,23)24)15(4)9-10-17(11-25)14(3)7-6-8-18(12-26)16(5)29-27/h8,13H,6-7,9-10,27-28H2,1-5H3/b17-14+,18-8-,19-15+,29-16-,30-20-. The highest BCUT2D eigenvalue weighted by Gasteiger charge is 2.39. The summed E-state index contributed by atoms with van der Waals surface area (Å²) in [7, 11) is 0. The quantitative estimate of drug-likeness (QED) is 0.234. The lowest BCUT2D eigenvalue weighted by molar-refractivity contribution is -0.0873. The van der Waals surface area contributed by atoms with Crippen LogP contribution < -0.4 is 11.7 Å². The maximum atomic E-state index is 13.6. The van der Waals surface area contributed by atoms with Gasteiger partial charge in [0, 0.05) is 5.57 Å². The number of allylic oxidation sites excluding steroid dienone is 6. The number of hydrogen-bond donors (Lipinski definition) is 2. The molecule has 6 nitrogen and oxygen atoms in total. The molecule has 164 valence electrons. The highest BCUT2D eigenvalue weighted by atomic mass is 19.4. The summed E-state index contributed by atoms with van der Waals surface area (Å²) in [5.41, 5.74) is 0.984. The van der Waals surface area contributed by atoms with Crippen molar-refractivity contribution in [2.45, 2.75) is 66.5 Å². The first-order valence-corrected chi connectivity index (χ1v) is 9.43. The van der Waals surface area contributed by atoms with Gasteiger partial charge in [0.2, 0.25) is 0 Å². The fourth-order valence-corrected chi connectivity index (χ4v) is 2.84. The first-order valence-electron chi connectivity index (χ1n) is 9.43. The van der Waals surface area contributed by atoms with Crippen LogP contribution in [0.2, 0.25) is 0 Å². The Morgan fingerprint density at radius 3 is 1.97 bits per heavy atom. The maximum absolute atomic E-state index is 13.6. The van der Waals surface area contributed by atoms with Crippen molar-refractivity contribution in [3.05, 3.63) is 33.9 Å². The molecule has 0 aromatic rings. The SMILES string of the molecule is CC(=N/N)/C(C#N)=C\CC/C(C)=C(/C#N)CC/C(C)=C(\C(=N/N)C(C)C)C(F)(F)F. The molecule has 0 unspecified atom stereocenters. The van der Waals surface area contributed by atoms with Gasteiger partial charge in [0.15, 0.2) is 0 Å². The molecule has 0 radical (unpaired) electrons. The fourth-order valence-electron chi connectivity index (χ4n) is 2.84. The largest absolute Gasteiger partial charge is 0.418 e. The molecule has 0 atom stereocenters. The highest BCUT2D eigenvalue weighted by molar-refractivity contribution is 6.03. The number of hydrogen-bond acceptors (Lipinski definition) is 6. The van der Waals surface area contributed by atoms with Crippen LogP contribution in [0.5, 0.6) is 0 Å². The zero-order valence-corrected chi connectivity index (χ0v) is 18.1. The summed E-state index contributed by atoms with van der Waals surface area (Å²) in [6, 6.07) is 4.07. The minimum atomic E-state index is -4.58. The van der Waals surface area contributed by atoms with Crippen LogP contribution in [0.3, 0.4) is 0 Å². The fraction of sp³-hybridized carbons (Fsp3) is 0.524. The molecule has 0 spiro atoms. The zero-order chi connectivity index (χ0) is 23.5. The van der Waals surface area contributed by atoms with E-state index in [2.05, 4.69) is 16.3 Å². The van der Waals surface area contributed by atoms with Crippen molar-refractivity contribution in [3.63, 3.8) is 0 Å². The van der Waals surface area contributed by atoms with E-state index in [9.17, 15) is 18.4 Å². The molecule has 0 aliphatic heterocycles. The van der Waals surface area contributed by atoms with Crippen molar-refractivity contribution < 1.29 is 13.2 Å². The molecule has 0 aliphatic rings. The summed E-state index contributed by atoms with van der Waals surface area (Å²) < 4.78 is 40.7. The smallest absolute Gasteiger partial charge is 0.323 e. The van der Waals surface area contributed by atoms with Gasteiger partial charge in [-0.15, -0.1) is 0 Å². The average molecular weight is 422 g/mol. The zero-order valence-electron chi connectivity index (χ0n) is 18.1.